The van der Waals surface area contributed by atoms with Crippen LogP contribution in [-0.4, -0.2) is 16.3 Å². The Labute approximate surface area is 98.5 Å². The molecule has 0 saturated heterocycles. The van der Waals surface area contributed by atoms with E-state index in [4.69, 9.17) is 0 Å². The van der Waals surface area contributed by atoms with Crippen LogP contribution in [-0.2, 0) is 5.60 Å². The van der Waals surface area contributed by atoms with Gasteiger partial charge < -0.3 is 5.11 Å². The summed E-state index contributed by atoms with van der Waals surface area (Å²) >= 11 is 0. The van der Waals surface area contributed by atoms with Crippen molar-refractivity contribution in [3.8, 4) is 0 Å². The Kier molecular flexibility index (Phi) is 4.14. The lowest BCUT2D eigenvalue weighted by Crippen LogP contribution is -2.22. The van der Waals surface area contributed by atoms with E-state index in [1.165, 1.54) is 13.1 Å². The van der Waals surface area contributed by atoms with Crippen LogP contribution in [0.3, 0.4) is 0 Å². The SMILES string of the molecule is Cc1ccc(C(C)(O)CCCC(F)(F)F)cn1. The van der Waals surface area contributed by atoms with E-state index < -0.39 is 18.2 Å². The summed E-state index contributed by atoms with van der Waals surface area (Å²) in [4.78, 5) is 4.02. The molecule has 0 radical (unpaired) electrons. The number of hydrogen-bond donors (Lipinski definition) is 1. The molecular weight excluding hydrogens is 231 g/mol. The van der Waals surface area contributed by atoms with Crippen molar-refractivity contribution in [3.63, 3.8) is 0 Å². The predicted octanol–water partition coefficient (Wildman–Crippen LogP) is 3.33. The van der Waals surface area contributed by atoms with Crippen LogP contribution in [0.5, 0.6) is 0 Å². The highest BCUT2D eigenvalue weighted by Gasteiger charge is 2.29. The van der Waals surface area contributed by atoms with E-state index in [1.807, 2.05) is 6.92 Å². The van der Waals surface area contributed by atoms with Crippen LogP contribution in [0, 0.1) is 6.92 Å². The Morgan fingerprint density at radius 1 is 1.24 bits per heavy atom. The summed E-state index contributed by atoms with van der Waals surface area (Å²) in [7, 11) is 0. The number of aliphatic hydroxyl groups is 1. The molecule has 1 heterocycles. The molecule has 0 aliphatic carbocycles. The fourth-order valence-corrected chi connectivity index (χ4v) is 1.56. The minimum atomic E-state index is -4.17. The fraction of sp³-hybridized carbons (Fsp3) is 0.583. The van der Waals surface area contributed by atoms with E-state index in [0.29, 0.717) is 5.56 Å². The Morgan fingerprint density at radius 2 is 1.88 bits per heavy atom. The first-order valence-electron chi connectivity index (χ1n) is 5.43. The van der Waals surface area contributed by atoms with Crippen LogP contribution in [0.1, 0.15) is 37.4 Å². The van der Waals surface area contributed by atoms with E-state index in [0.717, 1.165) is 5.69 Å². The zero-order valence-corrected chi connectivity index (χ0v) is 9.88. The molecule has 0 bridgehead atoms. The molecule has 1 atom stereocenters. The minimum absolute atomic E-state index is 0.0667. The van der Waals surface area contributed by atoms with Crippen molar-refractivity contribution in [2.45, 2.75) is 44.9 Å². The summed E-state index contributed by atoms with van der Waals surface area (Å²) in [6.45, 7) is 3.32. The monoisotopic (exact) mass is 247 g/mol. The third kappa shape index (κ3) is 4.73. The zero-order chi connectivity index (χ0) is 13.1. The molecule has 0 aromatic carbocycles. The average molecular weight is 247 g/mol. The first kappa shape index (κ1) is 14.0. The molecule has 2 nitrogen and oxygen atoms in total. The number of alkyl halides is 3. The summed E-state index contributed by atoms with van der Waals surface area (Å²) in [5.74, 6) is 0. The van der Waals surface area contributed by atoms with Gasteiger partial charge in [0.1, 0.15) is 0 Å². The van der Waals surface area contributed by atoms with Crippen LogP contribution in [0.15, 0.2) is 18.3 Å². The van der Waals surface area contributed by atoms with Gasteiger partial charge in [-0.1, -0.05) is 6.07 Å². The molecule has 1 aromatic heterocycles. The molecular formula is C12H16F3NO. The Morgan fingerprint density at radius 3 is 2.35 bits per heavy atom. The van der Waals surface area contributed by atoms with E-state index in [9.17, 15) is 18.3 Å². The van der Waals surface area contributed by atoms with Crippen molar-refractivity contribution >= 4 is 0 Å². The molecule has 0 spiro atoms. The van der Waals surface area contributed by atoms with Gasteiger partial charge in [-0.05, 0) is 32.8 Å². The topological polar surface area (TPSA) is 33.1 Å². The lowest BCUT2D eigenvalue weighted by molar-refractivity contribution is -0.137. The molecule has 17 heavy (non-hydrogen) atoms. The molecule has 1 aromatic rings. The number of rotatable bonds is 4. The lowest BCUT2D eigenvalue weighted by atomic mass is 9.91. The molecule has 5 heteroatoms. The molecule has 1 rings (SSSR count). The van der Waals surface area contributed by atoms with E-state index in [1.54, 1.807) is 12.1 Å². The maximum absolute atomic E-state index is 12.0. The van der Waals surface area contributed by atoms with Crippen LogP contribution < -0.4 is 0 Å². The second-order valence-corrected chi connectivity index (χ2v) is 4.43. The van der Waals surface area contributed by atoms with E-state index >= 15 is 0 Å². The normalized spacial score (nSPS) is 15.6. The first-order chi connectivity index (χ1) is 7.71. The number of nitrogens with zero attached hydrogens (tertiary/aromatic N) is 1. The largest absolute Gasteiger partial charge is 0.389 e. The van der Waals surface area contributed by atoms with Gasteiger partial charge in [0.2, 0.25) is 0 Å². The Hall–Kier alpha value is -1.10. The summed E-state index contributed by atoms with van der Waals surface area (Å²) < 4.78 is 36.0. The predicted molar refractivity (Wildman–Crippen MR) is 58.5 cm³/mol. The maximum atomic E-state index is 12.0. The van der Waals surface area contributed by atoms with Gasteiger partial charge in [-0.3, -0.25) is 4.98 Å². The van der Waals surface area contributed by atoms with Crippen molar-refractivity contribution in [2.75, 3.05) is 0 Å². The number of hydrogen-bond acceptors (Lipinski definition) is 2. The maximum Gasteiger partial charge on any atom is 0.389 e. The zero-order valence-electron chi connectivity index (χ0n) is 9.88. The number of aryl methyl sites for hydroxylation is 1. The quantitative estimate of drug-likeness (QED) is 0.885. The Bertz CT molecular complexity index is 357. The van der Waals surface area contributed by atoms with Crippen molar-refractivity contribution in [3.05, 3.63) is 29.6 Å². The molecule has 1 N–H and O–H groups in total. The molecule has 96 valence electrons. The van der Waals surface area contributed by atoms with Crippen LogP contribution in [0.25, 0.3) is 0 Å². The van der Waals surface area contributed by atoms with Crippen molar-refractivity contribution < 1.29 is 18.3 Å². The summed E-state index contributed by atoms with van der Waals surface area (Å²) in [6.07, 6.45) is -3.56. The molecule has 0 amide bonds. The van der Waals surface area contributed by atoms with Gasteiger partial charge in [0.15, 0.2) is 0 Å². The van der Waals surface area contributed by atoms with E-state index in [2.05, 4.69) is 4.98 Å². The summed E-state index contributed by atoms with van der Waals surface area (Å²) in [6, 6.07) is 3.42. The van der Waals surface area contributed by atoms with Gasteiger partial charge in [-0.25, -0.2) is 0 Å². The molecule has 1 unspecified atom stereocenters. The highest BCUT2D eigenvalue weighted by atomic mass is 19.4. The highest BCUT2D eigenvalue weighted by Crippen LogP contribution is 2.29. The van der Waals surface area contributed by atoms with Gasteiger partial charge in [0, 0.05) is 23.9 Å². The lowest BCUT2D eigenvalue weighted by Gasteiger charge is -2.23. The molecule has 0 aliphatic rings. The summed E-state index contributed by atoms with van der Waals surface area (Å²) in [5.41, 5.74) is 0.0940. The van der Waals surface area contributed by atoms with Gasteiger partial charge in [0.05, 0.1) is 5.60 Å². The number of aromatic nitrogens is 1. The van der Waals surface area contributed by atoms with Gasteiger partial charge in [-0.15, -0.1) is 0 Å². The molecule has 0 saturated carbocycles. The first-order valence-corrected chi connectivity index (χ1v) is 5.43. The van der Waals surface area contributed by atoms with E-state index in [-0.39, 0.29) is 12.8 Å². The van der Waals surface area contributed by atoms with Gasteiger partial charge in [0.25, 0.3) is 0 Å². The second-order valence-electron chi connectivity index (χ2n) is 4.43. The van der Waals surface area contributed by atoms with Crippen molar-refractivity contribution in [1.29, 1.82) is 0 Å². The number of halogens is 3. The smallest absolute Gasteiger partial charge is 0.385 e. The van der Waals surface area contributed by atoms with Gasteiger partial charge >= 0.3 is 6.18 Å². The summed E-state index contributed by atoms with van der Waals surface area (Å²) in [5, 5.41) is 10.1. The average Bonchev–Trinajstić information content (AvgIpc) is 2.15. The molecule has 0 fully saturated rings. The second kappa shape index (κ2) is 5.04. The van der Waals surface area contributed by atoms with Crippen LogP contribution >= 0.6 is 0 Å². The van der Waals surface area contributed by atoms with Crippen LogP contribution in [0.4, 0.5) is 13.2 Å². The van der Waals surface area contributed by atoms with Gasteiger partial charge in [-0.2, -0.15) is 13.2 Å². The Balaban J connectivity index is 2.59. The highest BCUT2D eigenvalue weighted by molar-refractivity contribution is 5.19. The third-order valence-corrected chi connectivity index (χ3v) is 2.66. The minimum Gasteiger partial charge on any atom is -0.385 e. The van der Waals surface area contributed by atoms with Crippen molar-refractivity contribution in [1.82, 2.24) is 4.98 Å². The molecule has 0 aliphatic heterocycles. The number of pyridine rings is 1. The van der Waals surface area contributed by atoms with Crippen molar-refractivity contribution in [2.24, 2.45) is 0 Å². The standard InChI is InChI=1S/C12H16F3NO/c1-9-4-5-10(8-16-9)11(2,17)6-3-7-12(13,14)15/h4-5,8,17H,3,6-7H2,1-2H3. The van der Waals surface area contributed by atoms with Crippen LogP contribution in [0.2, 0.25) is 0 Å². The fourth-order valence-electron chi connectivity index (χ4n) is 1.56. The third-order valence-electron chi connectivity index (χ3n) is 2.66.